The molecule has 0 aliphatic rings. The fourth-order valence-corrected chi connectivity index (χ4v) is 2.18. The van der Waals surface area contributed by atoms with E-state index < -0.39 is 5.97 Å². The predicted molar refractivity (Wildman–Crippen MR) is 78.5 cm³/mol. The lowest BCUT2D eigenvalue weighted by molar-refractivity contribution is -0.128. The molecule has 0 bridgehead atoms. The van der Waals surface area contributed by atoms with Crippen molar-refractivity contribution in [2.24, 2.45) is 0 Å². The lowest BCUT2D eigenvalue weighted by Gasteiger charge is -2.15. The van der Waals surface area contributed by atoms with Crippen molar-refractivity contribution in [3.8, 4) is 5.75 Å². The first-order valence-corrected chi connectivity index (χ1v) is 6.53. The molecule has 0 radical (unpaired) electrons. The maximum Gasteiger partial charge on any atom is 0.335 e. The molecule has 0 amide bonds. The van der Waals surface area contributed by atoms with E-state index in [2.05, 4.69) is 26.5 Å². The Balaban J connectivity index is 2.58. The zero-order valence-electron chi connectivity index (χ0n) is 11.3. The third kappa shape index (κ3) is 2.68. The van der Waals surface area contributed by atoms with E-state index in [1.807, 2.05) is 30.3 Å². The van der Waals surface area contributed by atoms with Crippen molar-refractivity contribution in [3.05, 3.63) is 54.6 Å². The molecule has 1 unspecified atom stereocenters. The summed E-state index contributed by atoms with van der Waals surface area (Å²) >= 11 is 0. The first-order chi connectivity index (χ1) is 9.17. The topological polar surface area (TPSA) is 26.3 Å². The Hall–Kier alpha value is -2.09. The second-order valence-corrected chi connectivity index (χ2v) is 4.63. The van der Waals surface area contributed by atoms with Gasteiger partial charge >= 0.3 is 5.97 Å². The monoisotopic (exact) mass is 254 g/mol. The Morgan fingerprint density at radius 3 is 2.58 bits per heavy atom. The van der Waals surface area contributed by atoms with Crippen molar-refractivity contribution in [2.45, 2.75) is 26.2 Å². The Morgan fingerprint density at radius 1 is 1.26 bits per heavy atom. The van der Waals surface area contributed by atoms with Gasteiger partial charge in [-0.05, 0) is 29.4 Å². The van der Waals surface area contributed by atoms with E-state index in [0.717, 1.165) is 17.2 Å². The third-order valence-electron chi connectivity index (χ3n) is 3.44. The molecule has 0 aromatic heterocycles. The fraction of sp³-hybridized carbons (Fsp3) is 0.235. The van der Waals surface area contributed by atoms with Crippen LogP contribution in [0.3, 0.4) is 0 Å². The normalized spacial score (nSPS) is 12.1. The Morgan fingerprint density at radius 2 is 1.95 bits per heavy atom. The summed E-state index contributed by atoms with van der Waals surface area (Å²) in [5.41, 5.74) is 1.29. The van der Waals surface area contributed by atoms with E-state index in [4.69, 9.17) is 4.74 Å². The molecular formula is C17H18O2. The van der Waals surface area contributed by atoms with Crippen LogP contribution < -0.4 is 4.74 Å². The van der Waals surface area contributed by atoms with E-state index in [0.29, 0.717) is 11.7 Å². The summed E-state index contributed by atoms with van der Waals surface area (Å²) in [5, 5.41) is 2.11. The summed E-state index contributed by atoms with van der Waals surface area (Å²) in [6.45, 7) is 7.80. The number of hydrogen-bond donors (Lipinski definition) is 0. The van der Waals surface area contributed by atoms with Crippen molar-refractivity contribution in [1.82, 2.24) is 0 Å². The van der Waals surface area contributed by atoms with Gasteiger partial charge in [0.15, 0.2) is 0 Å². The van der Waals surface area contributed by atoms with Gasteiger partial charge in [-0.2, -0.15) is 0 Å². The van der Waals surface area contributed by atoms with Crippen LogP contribution in [0.2, 0.25) is 0 Å². The summed E-state index contributed by atoms with van der Waals surface area (Å²) in [7, 11) is 0. The second kappa shape index (κ2) is 5.70. The predicted octanol–water partition coefficient (Wildman–Crippen LogP) is 4.44. The summed E-state index contributed by atoms with van der Waals surface area (Å²) in [4.78, 5) is 11.4. The number of carbonyl (C=O) groups is 1. The van der Waals surface area contributed by atoms with Crippen LogP contribution in [-0.2, 0) is 4.79 Å². The van der Waals surface area contributed by atoms with Crippen LogP contribution in [-0.4, -0.2) is 5.97 Å². The number of benzene rings is 2. The molecule has 0 heterocycles. The highest BCUT2D eigenvalue weighted by Crippen LogP contribution is 2.33. The molecule has 2 heteroatoms. The van der Waals surface area contributed by atoms with Crippen molar-refractivity contribution in [3.63, 3.8) is 0 Å². The van der Waals surface area contributed by atoms with Crippen LogP contribution in [0.25, 0.3) is 10.8 Å². The number of esters is 1. The van der Waals surface area contributed by atoms with Crippen molar-refractivity contribution in [1.29, 1.82) is 0 Å². The molecule has 19 heavy (non-hydrogen) atoms. The molecule has 0 N–H and O–H groups in total. The summed E-state index contributed by atoms with van der Waals surface area (Å²) < 4.78 is 5.29. The zero-order chi connectivity index (χ0) is 13.8. The SMILES string of the molecule is C=CC(=O)Oc1ccc(C(C)CC)c2ccccc12. The highest BCUT2D eigenvalue weighted by molar-refractivity contribution is 5.94. The Kier molecular flexibility index (Phi) is 4.00. The van der Waals surface area contributed by atoms with E-state index >= 15 is 0 Å². The molecule has 0 saturated heterocycles. The van der Waals surface area contributed by atoms with Crippen LogP contribution in [0.4, 0.5) is 0 Å². The molecule has 0 spiro atoms. The van der Waals surface area contributed by atoms with Crippen LogP contribution >= 0.6 is 0 Å². The van der Waals surface area contributed by atoms with Crippen molar-refractivity contribution in [2.75, 3.05) is 0 Å². The number of rotatable bonds is 4. The fourth-order valence-electron chi connectivity index (χ4n) is 2.18. The average Bonchev–Trinajstić information content (AvgIpc) is 2.46. The van der Waals surface area contributed by atoms with Gasteiger partial charge in [0.1, 0.15) is 5.75 Å². The summed E-state index contributed by atoms with van der Waals surface area (Å²) in [6, 6.07) is 11.9. The molecule has 0 saturated carbocycles. The number of fused-ring (bicyclic) bond motifs is 1. The molecule has 2 aromatic rings. The van der Waals surface area contributed by atoms with Gasteiger partial charge in [0.2, 0.25) is 0 Å². The van der Waals surface area contributed by atoms with Gasteiger partial charge in [0.05, 0.1) is 0 Å². The minimum Gasteiger partial charge on any atom is -0.423 e. The first-order valence-electron chi connectivity index (χ1n) is 6.53. The highest BCUT2D eigenvalue weighted by Gasteiger charge is 2.12. The lowest BCUT2D eigenvalue weighted by Crippen LogP contribution is -2.04. The minimum atomic E-state index is -0.429. The number of carbonyl (C=O) groups excluding carboxylic acids is 1. The van der Waals surface area contributed by atoms with Crippen LogP contribution in [0.1, 0.15) is 31.7 Å². The maximum atomic E-state index is 11.4. The van der Waals surface area contributed by atoms with Crippen molar-refractivity contribution < 1.29 is 9.53 Å². The number of hydrogen-bond acceptors (Lipinski definition) is 2. The van der Waals surface area contributed by atoms with E-state index in [9.17, 15) is 4.79 Å². The van der Waals surface area contributed by atoms with E-state index in [1.54, 1.807) is 0 Å². The Labute approximate surface area is 113 Å². The minimum absolute atomic E-state index is 0.429. The van der Waals surface area contributed by atoms with Gasteiger partial charge in [0.25, 0.3) is 0 Å². The van der Waals surface area contributed by atoms with Gasteiger partial charge in [0, 0.05) is 11.5 Å². The highest BCUT2D eigenvalue weighted by atomic mass is 16.5. The van der Waals surface area contributed by atoms with E-state index in [1.165, 1.54) is 11.6 Å². The van der Waals surface area contributed by atoms with Gasteiger partial charge in [-0.1, -0.05) is 50.8 Å². The molecule has 2 rings (SSSR count). The summed E-state index contributed by atoms with van der Waals surface area (Å²) in [5.74, 6) is 0.642. The van der Waals surface area contributed by atoms with Gasteiger partial charge in [-0.3, -0.25) is 0 Å². The van der Waals surface area contributed by atoms with Gasteiger partial charge in [-0.15, -0.1) is 0 Å². The molecule has 0 aliphatic heterocycles. The van der Waals surface area contributed by atoms with Crippen LogP contribution in [0, 0.1) is 0 Å². The number of ether oxygens (including phenoxy) is 1. The molecule has 98 valence electrons. The van der Waals surface area contributed by atoms with Crippen LogP contribution in [0.5, 0.6) is 5.75 Å². The van der Waals surface area contributed by atoms with Gasteiger partial charge < -0.3 is 4.74 Å². The van der Waals surface area contributed by atoms with Crippen molar-refractivity contribution >= 4 is 16.7 Å². The summed E-state index contributed by atoms with van der Waals surface area (Å²) in [6.07, 6.45) is 2.26. The van der Waals surface area contributed by atoms with Crippen LogP contribution in [0.15, 0.2) is 49.1 Å². The molecule has 2 nitrogen and oxygen atoms in total. The standard InChI is InChI=1S/C17H18O2/c1-4-12(3)13-10-11-16(19-17(18)5-2)15-9-7-6-8-14(13)15/h5-12H,2,4H2,1,3H3. The molecular weight excluding hydrogens is 236 g/mol. The molecule has 0 fully saturated rings. The lowest BCUT2D eigenvalue weighted by atomic mass is 9.93. The molecule has 0 aliphatic carbocycles. The maximum absolute atomic E-state index is 11.4. The Bertz CT molecular complexity index is 614. The largest absolute Gasteiger partial charge is 0.423 e. The average molecular weight is 254 g/mol. The quantitative estimate of drug-likeness (QED) is 0.458. The van der Waals surface area contributed by atoms with E-state index in [-0.39, 0.29) is 0 Å². The molecule has 2 aromatic carbocycles. The third-order valence-corrected chi connectivity index (χ3v) is 3.44. The smallest absolute Gasteiger partial charge is 0.335 e. The molecule has 1 atom stereocenters. The first kappa shape index (κ1) is 13.3. The second-order valence-electron chi connectivity index (χ2n) is 4.63. The zero-order valence-corrected chi connectivity index (χ0v) is 11.3. The van der Waals surface area contributed by atoms with Gasteiger partial charge in [-0.25, -0.2) is 4.79 Å².